The zero-order valence-corrected chi connectivity index (χ0v) is 13.4. The van der Waals surface area contributed by atoms with Gasteiger partial charge in [0.05, 0.1) is 0 Å². The molecule has 2 aliphatic rings. The van der Waals surface area contributed by atoms with E-state index in [2.05, 4.69) is 24.3 Å². The summed E-state index contributed by atoms with van der Waals surface area (Å²) in [6.45, 7) is 0. The molecule has 0 N–H and O–H groups in total. The molecule has 2 unspecified atom stereocenters. The van der Waals surface area contributed by atoms with Gasteiger partial charge in [-0.05, 0) is 42.0 Å². The highest BCUT2D eigenvalue weighted by Gasteiger charge is 2.42. The van der Waals surface area contributed by atoms with E-state index in [1.807, 2.05) is 18.2 Å². The fourth-order valence-electron chi connectivity index (χ4n) is 4.07. The van der Waals surface area contributed by atoms with Crippen molar-refractivity contribution < 1.29 is 9.00 Å². The van der Waals surface area contributed by atoms with Crippen molar-refractivity contribution in [3.8, 4) is 0 Å². The Bertz CT molecular complexity index is 731. The van der Waals surface area contributed by atoms with Crippen LogP contribution in [0.5, 0.6) is 0 Å². The van der Waals surface area contributed by atoms with Crippen LogP contribution in [0, 0.1) is 5.92 Å². The Kier molecular flexibility index (Phi) is 3.61. The zero-order valence-electron chi connectivity index (χ0n) is 12.5. The normalized spacial score (nSPS) is 30.5. The van der Waals surface area contributed by atoms with Crippen molar-refractivity contribution in [2.75, 3.05) is 0 Å². The highest BCUT2D eigenvalue weighted by Crippen LogP contribution is 2.39. The van der Waals surface area contributed by atoms with E-state index in [1.54, 1.807) is 0 Å². The van der Waals surface area contributed by atoms with Gasteiger partial charge in [0.15, 0.2) is 0 Å². The largest absolute Gasteiger partial charge is 0.299 e. The number of fused-ring (bicyclic) bond motifs is 3. The van der Waals surface area contributed by atoms with Crippen LogP contribution in [0.15, 0.2) is 42.5 Å². The molecule has 2 heterocycles. The number of benzene rings is 2. The fraction of sp³-hybridized carbons (Fsp3) is 0.421. The average molecular weight is 312 g/mol. The predicted molar refractivity (Wildman–Crippen MR) is 90.3 cm³/mol. The molecule has 2 fully saturated rings. The summed E-state index contributed by atoms with van der Waals surface area (Å²) in [7, 11) is -0.677. The molecule has 2 aromatic carbocycles. The Morgan fingerprint density at radius 3 is 2.45 bits per heavy atom. The first-order valence-corrected chi connectivity index (χ1v) is 9.38. The molecule has 114 valence electrons. The molecule has 22 heavy (non-hydrogen) atoms. The monoisotopic (exact) mass is 312 g/mol. The lowest BCUT2D eigenvalue weighted by Crippen LogP contribution is -2.32. The minimum absolute atomic E-state index is 0.120. The molecule has 2 nitrogen and oxygen atoms in total. The Labute approximate surface area is 133 Å². The molecule has 3 heteroatoms. The maximum Gasteiger partial charge on any atom is 0.140 e. The molecular weight excluding hydrogens is 292 g/mol. The first-order valence-electron chi connectivity index (χ1n) is 8.11. The van der Waals surface area contributed by atoms with Gasteiger partial charge in [-0.25, -0.2) is 0 Å². The maximum absolute atomic E-state index is 12.7. The maximum atomic E-state index is 12.7. The Balaban J connectivity index is 1.56. The number of carbonyl (C=O) groups excluding carboxylic acids is 1. The van der Waals surface area contributed by atoms with Crippen molar-refractivity contribution >= 4 is 27.4 Å². The molecule has 0 radical (unpaired) electrons. The minimum atomic E-state index is -0.677. The van der Waals surface area contributed by atoms with E-state index >= 15 is 0 Å². The Morgan fingerprint density at radius 2 is 1.68 bits per heavy atom. The van der Waals surface area contributed by atoms with Gasteiger partial charge in [-0.1, -0.05) is 42.5 Å². The van der Waals surface area contributed by atoms with E-state index in [4.69, 9.17) is 0 Å². The number of rotatable bonds is 3. The van der Waals surface area contributed by atoms with E-state index in [1.165, 1.54) is 10.8 Å². The summed E-state index contributed by atoms with van der Waals surface area (Å²) in [5.74, 6) is 0.458. The summed E-state index contributed by atoms with van der Waals surface area (Å²) >= 11 is 0. The van der Waals surface area contributed by atoms with Crippen molar-refractivity contribution in [1.82, 2.24) is 0 Å². The van der Waals surface area contributed by atoms with Crippen LogP contribution in [-0.2, 0) is 22.0 Å². The standard InChI is InChI=1S/C19H20O2S/c20-19(15-10-16-8-9-17(11-15)22(16)21)12-14-6-3-5-13-4-1-2-7-18(13)14/h1-7,15-17H,8-12H2. The van der Waals surface area contributed by atoms with Crippen LogP contribution in [0.25, 0.3) is 10.8 Å². The van der Waals surface area contributed by atoms with Crippen LogP contribution < -0.4 is 0 Å². The second-order valence-corrected chi connectivity index (χ2v) is 8.59. The van der Waals surface area contributed by atoms with Gasteiger partial charge < -0.3 is 0 Å². The molecule has 2 atom stereocenters. The van der Waals surface area contributed by atoms with Crippen molar-refractivity contribution in [1.29, 1.82) is 0 Å². The van der Waals surface area contributed by atoms with Crippen molar-refractivity contribution in [2.24, 2.45) is 5.92 Å². The molecule has 0 saturated carbocycles. The summed E-state index contributed by atoms with van der Waals surface area (Å²) in [6.07, 6.45) is 4.29. The number of carbonyl (C=O) groups is 1. The summed E-state index contributed by atoms with van der Waals surface area (Å²) in [4.78, 5) is 12.7. The molecule has 2 aromatic rings. The quantitative estimate of drug-likeness (QED) is 0.867. The molecule has 0 spiro atoms. The third kappa shape index (κ3) is 2.41. The molecule has 0 aromatic heterocycles. The SMILES string of the molecule is O=C(Cc1cccc2ccccc12)C1CC2CCC(C1)S2=O. The topological polar surface area (TPSA) is 34.1 Å². The van der Waals surface area contributed by atoms with Crippen LogP contribution in [0.2, 0.25) is 0 Å². The van der Waals surface area contributed by atoms with E-state index < -0.39 is 10.8 Å². The first kappa shape index (κ1) is 14.1. The lowest BCUT2D eigenvalue weighted by molar-refractivity contribution is -0.122. The van der Waals surface area contributed by atoms with Gasteiger partial charge in [0.2, 0.25) is 0 Å². The van der Waals surface area contributed by atoms with E-state index in [-0.39, 0.29) is 16.4 Å². The summed E-state index contributed by atoms with van der Waals surface area (Å²) in [5.41, 5.74) is 1.13. The smallest absolute Gasteiger partial charge is 0.140 e. The predicted octanol–water partition coefficient (Wildman–Crippen LogP) is 3.64. The van der Waals surface area contributed by atoms with Gasteiger partial charge in [0.25, 0.3) is 0 Å². The van der Waals surface area contributed by atoms with Crippen LogP contribution >= 0.6 is 0 Å². The third-order valence-electron chi connectivity index (χ3n) is 5.26. The second kappa shape index (κ2) is 5.62. The third-order valence-corrected chi connectivity index (χ3v) is 7.43. The Hall–Kier alpha value is -1.48. The number of hydrogen-bond acceptors (Lipinski definition) is 2. The molecule has 4 rings (SSSR count). The Morgan fingerprint density at radius 1 is 1.00 bits per heavy atom. The van der Waals surface area contributed by atoms with Crippen molar-refractivity contribution in [3.05, 3.63) is 48.0 Å². The molecule has 2 bridgehead atoms. The lowest BCUT2D eigenvalue weighted by Gasteiger charge is -2.26. The summed E-state index contributed by atoms with van der Waals surface area (Å²) < 4.78 is 12.1. The van der Waals surface area contributed by atoms with Gasteiger partial charge in [0.1, 0.15) is 5.78 Å². The van der Waals surface area contributed by atoms with Gasteiger partial charge in [0, 0.05) is 33.6 Å². The molecule has 0 aliphatic carbocycles. The van der Waals surface area contributed by atoms with E-state index in [9.17, 15) is 9.00 Å². The highest BCUT2D eigenvalue weighted by atomic mass is 32.2. The van der Waals surface area contributed by atoms with Crippen LogP contribution in [-0.4, -0.2) is 20.5 Å². The zero-order chi connectivity index (χ0) is 15.1. The minimum Gasteiger partial charge on any atom is -0.299 e. The summed E-state index contributed by atoms with van der Waals surface area (Å²) in [6, 6.07) is 14.4. The highest BCUT2D eigenvalue weighted by molar-refractivity contribution is 7.86. The average Bonchev–Trinajstić information content (AvgIpc) is 2.76. The van der Waals surface area contributed by atoms with Gasteiger partial charge >= 0.3 is 0 Å². The fourth-order valence-corrected chi connectivity index (χ4v) is 6.20. The van der Waals surface area contributed by atoms with Gasteiger partial charge in [-0.15, -0.1) is 0 Å². The van der Waals surface area contributed by atoms with E-state index in [0.29, 0.717) is 12.2 Å². The lowest BCUT2D eigenvalue weighted by atomic mass is 9.89. The number of hydrogen-bond donors (Lipinski definition) is 0. The summed E-state index contributed by atoms with van der Waals surface area (Å²) in [5, 5.41) is 2.93. The van der Waals surface area contributed by atoms with Crippen LogP contribution in [0.1, 0.15) is 31.2 Å². The van der Waals surface area contributed by atoms with Gasteiger partial charge in [-0.2, -0.15) is 0 Å². The van der Waals surface area contributed by atoms with Crippen molar-refractivity contribution in [3.63, 3.8) is 0 Å². The van der Waals surface area contributed by atoms with Crippen LogP contribution in [0.3, 0.4) is 0 Å². The molecular formula is C19H20O2S. The van der Waals surface area contributed by atoms with E-state index in [0.717, 1.165) is 31.2 Å². The molecule has 2 saturated heterocycles. The molecule has 0 amide bonds. The molecule has 2 aliphatic heterocycles. The second-order valence-electron chi connectivity index (χ2n) is 6.60. The number of ketones is 1. The van der Waals surface area contributed by atoms with Crippen molar-refractivity contribution in [2.45, 2.75) is 42.6 Å². The number of Topliss-reactive ketones (excluding diaryl/α,β-unsaturated/α-hetero) is 1. The first-order chi connectivity index (χ1) is 10.7. The van der Waals surface area contributed by atoms with Crippen LogP contribution in [0.4, 0.5) is 0 Å². The van der Waals surface area contributed by atoms with Gasteiger partial charge in [-0.3, -0.25) is 9.00 Å².